The van der Waals surface area contributed by atoms with Gasteiger partial charge in [-0.15, -0.1) is 0 Å². The van der Waals surface area contributed by atoms with Crippen LogP contribution in [-0.4, -0.2) is 40.3 Å². The van der Waals surface area contributed by atoms with E-state index in [1.807, 2.05) is 4.90 Å². The van der Waals surface area contributed by atoms with Gasteiger partial charge in [-0.2, -0.15) is 0 Å². The maximum atomic E-state index is 12.5. The van der Waals surface area contributed by atoms with Crippen molar-refractivity contribution in [2.24, 2.45) is 5.73 Å². The van der Waals surface area contributed by atoms with Gasteiger partial charge in [-0.05, 0) is 39.2 Å². The molecular weight excluding hydrogens is 304 g/mol. The fourth-order valence-electron chi connectivity index (χ4n) is 2.62. The van der Waals surface area contributed by atoms with Crippen LogP contribution in [0, 0.1) is 0 Å². The van der Waals surface area contributed by atoms with E-state index in [-0.39, 0.29) is 22.5 Å². The van der Waals surface area contributed by atoms with Crippen molar-refractivity contribution in [2.75, 3.05) is 11.9 Å². The van der Waals surface area contributed by atoms with Gasteiger partial charge in [0.1, 0.15) is 11.9 Å². The van der Waals surface area contributed by atoms with Gasteiger partial charge in [-0.25, -0.2) is 4.98 Å². The van der Waals surface area contributed by atoms with Gasteiger partial charge in [0.15, 0.2) is 0 Å². The zero-order valence-corrected chi connectivity index (χ0v) is 13.6. The molecule has 120 valence electrons. The summed E-state index contributed by atoms with van der Waals surface area (Å²) in [6.07, 6.45) is 4.58. The van der Waals surface area contributed by atoms with Gasteiger partial charge < -0.3 is 16.0 Å². The number of primary amides is 1. The molecule has 2 rings (SSSR count). The molecular formula is C15H21ClN4O2. The second-order valence-corrected chi connectivity index (χ2v) is 6.07. The fourth-order valence-corrected chi connectivity index (χ4v) is 2.84. The van der Waals surface area contributed by atoms with Crippen LogP contribution in [0.2, 0.25) is 5.02 Å². The van der Waals surface area contributed by atoms with Crippen molar-refractivity contribution in [3.05, 3.63) is 22.8 Å². The third-order valence-corrected chi connectivity index (χ3v) is 4.22. The number of nitrogens with one attached hydrogen (secondary N) is 1. The fraction of sp³-hybridized carbons (Fsp3) is 0.533. The average molecular weight is 325 g/mol. The molecule has 1 aromatic heterocycles. The summed E-state index contributed by atoms with van der Waals surface area (Å²) in [5.74, 6) is -0.187. The Kier molecular flexibility index (Phi) is 5.24. The lowest BCUT2D eigenvalue weighted by Crippen LogP contribution is -2.48. The number of carbonyl (C=O) groups excluding carboxylic acids is 2. The number of hydrogen-bond acceptors (Lipinski definition) is 4. The number of carbonyl (C=O) groups is 2. The molecule has 0 bridgehead atoms. The number of piperidine rings is 1. The van der Waals surface area contributed by atoms with Crippen LogP contribution in [0.25, 0.3) is 0 Å². The number of aromatic nitrogens is 1. The molecule has 1 fully saturated rings. The number of amides is 2. The van der Waals surface area contributed by atoms with Crippen molar-refractivity contribution >= 4 is 29.2 Å². The summed E-state index contributed by atoms with van der Waals surface area (Å²) in [6, 6.07) is 1.26. The molecule has 0 spiro atoms. The molecule has 3 N–H and O–H groups in total. The van der Waals surface area contributed by atoms with Gasteiger partial charge in [-0.1, -0.05) is 11.6 Å². The zero-order valence-electron chi connectivity index (χ0n) is 12.8. The molecule has 0 aromatic carbocycles. The Morgan fingerprint density at radius 3 is 2.82 bits per heavy atom. The van der Waals surface area contributed by atoms with E-state index in [1.165, 1.54) is 12.3 Å². The monoisotopic (exact) mass is 324 g/mol. The number of pyridine rings is 1. The molecule has 1 aromatic rings. The van der Waals surface area contributed by atoms with Crippen LogP contribution < -0.4 is 11.1 Å². The normalized spacial score (nSPS) is 19.6. The maximum absolute atomic E-state index is 12.5. The van der Waals surface area contributed by atoms with E-state index in [1.54, 1.807) is 6.92 Å². The zero-order chi connectivity index (χ0) is 16.3. The summed E-state index contributed by atoms with van der Waals surface area (Å²) >= 11 is 6.08. The van der Waals surface area contributed by atoms with Crippen molar-refractivity contribution < 1.29 is 9.59 Å². The quantitative estimate of drug-likeness (QED) is 0.887. The van der Waals surface area contributed by atoms with E-state index < -0.39 is 11.9 Å². The molecule has 2 atom stereocenters. The minimum atomic E-state index is -0.591. The first-order valence-corrected chi connectivity index (χ1v) is 7.80. The van der Waals surface area contributed by atoms with Crippen molar-refractivity contribution in [3.63, 3.8) is 0 Å². The molecule has 1 aliphatic heterocycles. The highest BCUT2D eigenvalue weighted by Gasteiger charge is 2.27. The number of anilines is 1. The first-order chi connectivity index (χ1) is 10.4. The van der Waals surface area contributed by atoms with Crippen LogP contribution in [-0.2, 0) is 4.79 Å². The molecule has 0 saturated carbocycles. The lowest BCUT2D eigenvalue weighted by Gasteiger charge is -2.35. The molecule has 0 aliphatic carbocycles. The highest BCUT2D eigenvalue weighted by Crippen LogP contribution is 2.22. The lowest BCUT2D eigenvalue weighted by molar-refractivity contribution is -0.134. The Labute approximate surface area is 135 Å². The molecule has 7 heteroatoms. The van der Waals surface area contributed by atoms with Gasteiger partial charge >= 0.3 is 0 Å². The van der Waals surface area contributed by atoms with E-state index in [9.17, 15) is 9.59 Å². The molecule has 0 radical (unpaired) electrons. The number of halogens is 1. The number of nitrogens with zero attached hydrogens (tertiary/aromatic N) is 2. The van der Waals surface area contributed by atoms with Crippen molar-refractivity contribution in [3.8, 4) is 0 Å². The summed E-state index contributed by atoms with van der Waals surface area (Å²) in [5, 5.41) is 3.27. The predicted molar refractivity (Wildman–Crippen MR) is 85.9 cm³/mol. The van der Waals surface area contributed by atoms with Crippen LogP contribution in [0.4, 0.5) is 5.82 Å². The summed E-state index contributed by atoms with van der Waals surface area (Å²) in [5.41, 5.74) is 5.41. The molecule has 1 aliphatic rings. The van der Waals surface area contributed by atoms with E-state index >= 15 is 0 Å². The third-order valence-electron chi connectivity index (χ3n) is 3.94. The molecule has 6 nitrogen and oxygen atoms in total. The second kappa shape index (κ2) is 6.96. The first kappa shape index (κ1) is 16.5. The number of nitrogens with two attached hydrogens (primary N) is 1. The number of likely N-dealkylation sites (tertiary alicyclic amines) is 1. The topological polar surface area (TPSA) is 88.3 Å². The summed E-state index contributed by atoms with van der Waals surface area (Å²) in [6.45, 7) is 4.63. The van der Waals surface area contributed by atoms with Crippen LogP contribution in [0.1, 0.15) is 43.5 Å². The SMILES string of the molecule is CC(Nc1ncc(C(N)=O)cc1Cl)C(=O)N1CCCCC1C. The van der Waals surface area contributed by atoms with Crippen molar-refractivity contribution in [1.29, 1.82) is 0 Å². The molecule has 2 heterocycles. The highest BCUT2D eigenvalue weighted by atomic mass is 35.5. The van der Waals surface area contributed by atoms with Gasteiger partial charge in [0.2, 0.25) is 11.8 Å². The van der Waals surface area contributed by atoms with E-state index in [4.69, 9.17) is 17.3 Å². The van der Waals surface area contributed by atoms with Crippen LogP contribution >= 0.6 is 11.6 Å². The predicted octanol–water partition coefficient (Wildman–Crippen LogP) is 2.04. The molecule has 22 heavy (non-hydrogen) atoms. The largest absolute Gasteiger partial charge is 0.366 e. The average Bonchev–Trinajstić information content (AvgIpc) is 2.48. The van der Waals surface area contributed by atoms with Gasteiger partial charge in [-0.3, -0.25) is 9.59 Å². The van der Waals surface area contributed by atoms with E-state index in [2.05, 4.69) is 17.2 Å². The van der Waals surface area contributed by atoms with E-state index in [0.717, 1.165) is 25.8 Å². The van der Waals surface area contributed by atoms with Gasteiger partial charge in [0, 0.05) is 18.8 Å². The Balaban J connectivity index is 2.06. The Morgan fingerprint density at radius 1 is 1.50 bits per heavy atom. The van der Waals surface area contributed by atoms with Gasteiger partial charge in [0.05, 0.1) is 10.6 Å². The summed E-state index contributed by atoms with van der Waals surface area (Å²) in [7, 11) is 0. The van der Waals surface area contributed by atoms with E-state index in [0.29, 0.717) is 5.82 Å². The van der Waals surface area contributed by atoms with Crippen molar-refractivity contribution in [1.82, 2.24) is 9.88 Å². The Morgan fingerprint density at radius 2 is 2.23 bits per heavy atom. The minimum absolute atomic E-state index is 0.0315. The summed E-state index contributed by atoms with van der Waals surface area (Å²) < 4.78 is 0. The van der Waals surface area contributed by atoms with Crippen LogP contribution in [0.3, 0.4) is 0 Å². The van der Waals surface area contributed by atoms with Crippen LogP contribution in [0.15, 0.2) is 12.3 Å². The number of rotatable bonds is 4. The minimum Gasteiger partial charge on any atom is -0.366 e. The standard InChI is InChI=1S/C15H21ClN4O2/c1-9-5-3-4-6-20(9)15(22)10(2)19-14-12(16)7-11(8-18-14)13(17)21/h7-10H,3-6H2,1-2H3,(H2,17,21)(H,18,19). The molecule has 2 unspecified atom stereocenters. The lowest BCUT2D eigenvalue weighted by atomic mass is 10.0. The first-order valence-electron chi connectivity index (χ1n) is 7.42. The maximum Gasteiger partial charge on any atom is 0.250 e. The molecule has 1 saturated heterocycles. The number of hydrogen-bond donors (Lipinski definition) is 2. The van der Waals surface area contributed by atoms with Gasteiger partial charge in [0.25, 0.3) is 0 Å². The van der Waals surface area contributed by atoms with Crippen molar-refractivity contribution in [2.45, 2.75) is 45.2 Å². The Bertz CT molecular complexity index is 579. The second-order valence-electron chi connectivity index (χ2n) is 5.66. The molecule has 2 amide bonds. The van der Waals surface area contributed by atoms with Crippen LogP contribution in [0.5, 0.6) is 0 Å². The summed E-state index contributed by atoms with van der Waals surface area (Å²) in [4.78, 5) is 29.6. The Hall–Kier alpha value is -1.82. The third kappa shape index (κ3) is 3.68. The highest BCUT2D eigenvalue weighted by molar-refractivity contribution is 6.33. The smallest absolute Gasteiger partial charge is 0.250 e.